The van der Waals surface area contributed by atoms with Crippen molar-refractivity contribution < 1.29 is 8.78 Å². The maximum Gasteiger partial charge on any atom is 0.130 e. The Balaban J connectivity index is 2.26. The van der Waals surface area contributed by atoms with Gasteiger partial charge in [-0.25, -0.2) is 8.78 Å². The number of hydrazine groups is 1. The molecular formula is C14H18F2N4. The van der Waals surface area contributed by atoms with E-state index in [4.69, 9.17) is 5.84 Å². The standard InChI is InChI=1S/C14H18F2N4/c1-3-10-7-11(20(2)19-10)8-14(18-17)12-5-4-9(15)6-13(12)16/h4-7,14,18H,3,8,17H2,1-2H3. The first-order chi connectivity index (χ1) is 9.55. The van der Waals surface area contributed by atoms with Crippen LogP contribution < -0.4 is 11.3 Å². The SMILES string of the molecule is CCc1cc(CC(NN)c2ccc(F)cc2F)n(C)n1. The maximum absolute atomic E-state index is 13.8. The molecule has 1 heterocycles. The maximum atomic E-state index is 13.8. The molecule has 0 fully saturated rings. The van der Waals surface area contributed by atoms with Crippen molar-refractivity contribution in [2.24, 2.45) is 12.9 Å². The fourth-order valence-corrected chi connectivity index (χ4v) is 2.19. The van der Waals surface area contributed by atoms with Gasteiger partial charge in [-0.05, 0) is 18.6 Å². The molecule has 2 aromatic rings. The minimum absolute atomic E-state index is 0.341. The van der Waals surface area contributed by atoms with Crippen LogP contribution in [0.15, 0.2) is 24.3 Å². The lowest BCUT2D eigenvalue weighted by Gasteiger charge is -2.17. The molecular weight excluding hydrogens is 262 g/mol. The van der Waals surface area contributed by atoms with Gasteiger partial charge in [0, 0.05) is 30.8 Å². The largest absolute Gasteiger partial charge is 0.272 e. The lowest BCUT2D eigenvalue weighted by molar-refractivity contribution is 0.491. The van der Waals surface area contributed by atoms with Crippen LogP contribution in [0, 0.1) is 11.6 Å². The van der Waals surface area contributed by atoms with Crippen LogP contribution in [0.4, 0.5) is 8.78 Å². The molecule has 0 aliphatic rings. The summed E-state index contributed by atoms with van der Waals surface area (Å²) in [6, 6.07) is 5.03. The lowest BCUT2D eigenvalue weighted by atomic mass is 10.0. The Hall–Kier alpha value is -1.79. The molecule has 0 saturated heterocycles. The zero-order valence-corrected chi connectivity index (χ0v) is 11.5. The molecule has 0 saturated carbocycles. The first-order valence-electron chi connectivity index (χ1n) is 6.48. The van der Waals surface area contributed by atoms with E-state index < -0.39 is 17.7 Å². The van der Waals surface area contributed by atoms with Crippen molar-refractivity contribution in [1.82, 2.24) is 15.2 Å². The monoisotopic (exact) mass is 280 g/mol. The molecule has 3 N–H and O–H groups in total. The van der Waals surface area contributed by atoms with E-state index in [0.717, 1.165) is 23.9 Å². The van der Waals surface area contributed by atoms with Gasteiger partial charge in [0.15, 0.2) is 0 Å². The molecule has 0 aliphatic heterocycles. The van der Waals surface area contributed by atoms with Crippen LogP contribution in [0.2, 0.25) is 0 Å². The molecule has 1 aromatic heterocycles. The molecule has 6 heteroatoms. The van der Waals surface area contributed by atoms with Crippen LogP contribution in [-0.4, -0.2) is 9.78 Å². The highest BCUT2D eigenvalue weighted by Gasteiger charge is 2.17. The Kier molecular flexibility index (Phi) is 4.46. The van der Waals surface area contributed by atoms with Crippen molar-refractivity contribution in [3.63, 3.8) is 0 Å². The summed E-state index contributed by atoms with van der Waals surface area (Å²) >= 11 is 0. The summed E-state index contributed by atoms with van der Waals surface area (Å²) in [7, 11) is 1.84. The highest BCUT2D eigenvalue weighted by Crippen LogP contribution is 2.21. The Morgan fingerprint density at radius 2 is 2.10 bits per heavy atom. The molecule has 0 spiro atoms. The molecule has 1 unspecified atom stereocenters. The number of hydrogen-bond donors (Lipinski definition) is 2. The van der Waals surface area contributed by atoms with Gasteiger partial charge in [-0.1, -0.05) is 13.0 Å². The number of aromatic nitrogens is 2. The third kappa shape index (κ3) is 3.02. The van der Waals surface area contributed by atoms with Gasteiger partial charge in [0.1, 0.15) is 11.6 Å². The van der Waals surface area contributed by atoms with Gasteiger partial charge in [-0.3, -0.25) is 16.0 Å². The summed E-state index contributed by atoms with van der Waals surface area (Å²) in [6.45, 7) is 2.02. The molecule has 20 heavy (non-hydrogen) atoms. The molecule has 1 atom stereocenters. The van der Waals surface area contributed by atoms with Crippen LogP contribution in [0.3, 0.4) is 0 Å². The van der Waals surface area contributed by atoms with Crippen LogP contribution in [0.5, 0.6) is 0 Å². The Morgan fingerprint density at radius 1 is 1.35 bits per heavy atom. The predicted octanol–water partition coefficient (Wildman–Crippen LogP) is 2.01. The number of halogens is 2. The Labute approximate surface area is 116 Å². The molecule has 108 valence electrons. The molecule has 0 amide bonds. The van der Waals surface area contributed by atoms with Gasteiger partial charge in [0.2, 0.25) is 0 Å². The smallest absolute Gasteiger partial charge is 0.130 e. The van der Waals surface area contributed by atoms with Crippen LogP contribution in [0.1, 0.15) is 29.9 Å². The third-order valence-corrected chi connectivity index (χ3v) is 3.34. The highest BCUT2D eigenvalue weighted by atomic mass is 19.1. The fraction of sp³-hybridized carbons (Fsp3) is 0.357. The number of hydrogen-bond acceptors (Lipinski definition) is 3. The van der Waals surface area contributed by atoms with E-state index in [1.54, 1.807) is 4.68 Å². The van der Waals surface area contributed by atoms with E-state index >= 15 is 0 Å². The van der Waals surface area contributed by atoms with Gasteiger partial charge >= 0.3 is 0 Å². The highest BCUT2D eigenvalue weighted by molar-refractivity contribution is 5.24. The second-order valence-electron chi connectivity index (χ2n) is 4.69. The summed E-state index contributed by atoms with van der Waals surface area (Å²) < 4.78 is 28.5. The first-order valence-corrected chi connectivity index (χ1v) is 6.48. The average Bonchev–Trinajstić information content (AvgIpc) is 2.77. The summed E-state index contributed by atoms with van der Waals surface area (Å²) in [4.78, 5) is 0. The van der Waals surface area contributed by atoms with E-state index in [2.05, 4.69) is 10.5 Å². The van der Waals surface area contributed by atoms with E-state index in [-0.39, 0.29) is 0 Å². The number of nitrogens with two attached hydrogens (primary N) is 1. The third-order valence-electron chi connectivity index (χ3n) is 3.34. The Bertz CT molecular complexity index is 595. The van der Waals surface area contributed by atoms with Crippen molar-refractivity contribution >= 4 is 0 Å². The normalized spacial score (nSPS) is 12.7. The van der Waals surface area contributed by atoms with E-state index in [0.29, 0.717) is 12.0 Å². The van der Waals surface area contributed by atoms with Crippen molar-refractivity contribution in [3.8, 4) is 0 Å². The molecule has 0 radical (unpaired) electrons. The van der Waals surface area contributed by atoms with Crippen LogP contribution in [-0.2, 0) is 19.9 Å². The van der Waals surface area contributed by atoms with Crippen molar-refractivity contribution in [3.05, 3.63) is 52.9 Å². The summed E-state index contributed by atoms with van der Waals surface area (Å²) in [5, 5.41) is 4.34. The number of nitrogens with one attached hydrogen (secondary N) is 1. The first kappa shape index (κ1) is 14.6. The van der Waals surface area contributed by atoms with E-state index in [9.17, 15) is 8.78 Å². The topological polar surface area (TPSA) is 55.9 Å². The van der Waals surface area contributed by atoms with Gasteiger partial charge in [-0.15, -0.1) is 0 Å². The molecule has 2 rings (SSSR count). The van der Waals surface area contributed by atoms with Gasteiger partial charge in [0.25, 0.3) is 0 Å². The minimum atomic E-state index is -0.606. The average molecular weight is 280 g/mol. The molecule has 0 aliphatic carbocycles. The number of benzene rings is 1. The summed E-state index contributed by atoms with van der Waals surface area (Å²) in [5.74, 6) is 4.30. The van der Waals surface area contributed by atoms with Crippen molar-refractivity contribution in [2.75, 3.05) is 0 Å². The van der Waals surface area contributed by atoms with Gasteiger partial charge in [-0.2, -0.15) is 5.10 Å². The zero-order chi connectivity index (χ0) is 14.7. The van der Waals surface area contributed by atoms with Crippen molar-refractivity contribution in [2.45, 2.75) is 25.8 Å². The quantitative estimate of drug-likeness (QED) is 0.650. The molecule has 1 aromatic carbocycles. The Morgan fingerprint density at radius 3 is 2.65 bits per heavy atom. The summed E-state index contributed by atoms with van der Waals surface area (Å²) in [5.41, 5.74) is 4.83. The van der Waals surface area contributed by atoms with E-state index in [1.807, 2.05) is 20.0 Å². The number of nitrogens with zero attached hydrogens (tertiary/aromatic N) is 2. The van der Waals surface area contributed by atoms with Gasteiger partial charge < -0.3 is 0 Å². The van der Waals surface area contributed by atoms with Gasteiger partial charge in [0.05, 0.1) is 11.7 Å². The van der Waals surface area contributed by atoms with Crippen molar-refractivity contribution in [1.29, 1.82) is 0 Å². The zero-order valence-electron chi connectivity index (χ0n) is 11.5. The molecule has 4 nitrogen and oxygen atoms in total. The second-order valence-corrected chi connectivity index (χ2v) is 4.69. The minimum Gasteiger partial charge on any atom is -0.272 e. The number of aryl methyl sites for hydroxylation is 2. The predicted molar refractivity (Wildman–Crippen MR) is 72.7 cm³/mol. The van der Waals surface area contributed by atoms with Crippen LogP contribution >= 0.6 is 0 Å². The lowest BCUT2D eigenvalue weighted by Crippen LogP contribution is -2.30. The fourth-order valence-electron chi connectivity index (χ4n) is 2.19. The van der Waals surface area contributed by atoms with Crippen LogP contribution in [0.25, 0.3) is 0 Å². The number of rotatable bonds is 5. The summed E-state index contributed by atoms with van der Waals surface area (Å²) in [6.07, 6.45) is 1.31. The van der Waals surface area contributed by atoms with E-state index in [1.165, 1.54) is 12.1 Å². The second kappa shape index (κ2) is 6.11. The molecule has 0 bridgehead atoms.